The Kier molecular flexibility index (Phi) is 4.65. The molecule has 1 aromatic carbocycles. The highest BCUT2D eigenvalue weighted by Gasteiger charge is 2.42. The second-order valence-electron chi connectivity index (χ2n) is 5.95. The largest absolute Gasteiger partial charge is 0.480 e. The molecule has 0 bridgehead atoms. The van der Waals surface area contributed by atoms with Gasteiger partial charge in [0.1, 0.15) is 5.54 Å². The highest BCUT2D eigenvalue weighted by molar-refractivity contribution is 7.92. The van der Waals surface area contributed by atoms with Gasteiger partial charge in [-0.3, -0.25) is 9.52 Å². The summed E-state index contributed by atoms with van der Waals surface area (Å²) in [5.41, 5.74) is -0.0436. The Balaban J connectivity index is 2.26. The first-order valence-corrected chi connectivity index (χ1v) is 9.16. The molecule has 8 heteroatoms. The van der Waals surface area contributed by atoms with E-state index < -0.39 is 27.4 Å². The van der Waals surface area contributed by atoms with Gasteiger partial charge >= 0.3 is 5.97 Å². The number of hydrogen-bond acceptors (Lipinski definition) is 4. The van der Waals surface area contributed by atoms with Crippen LogP contribution in [0.2, 0.25) is 0 Å². The molecular weight excluding hydrogens is 320 g/mol. The number of carbonyl (C=O) groups is 2. The molecule has 1 aliphatic carbocycles. The van der Waals surface area contributed by atoms with Crippen molar-refractivity contribution in [1.82, 2.24) is 5.32 Å². The molecule has 0 aliphatic heterocycles. The number of anilines is 1. The molecule has 2 rings (SSSR count). The fourth-order valence-electron chi connectivity index (χ4n) is 2.73. The highest BCUT2D eigenvalue weighted by Crippen LogP contribution is 2.30. The Morgan fingerprint density at radius 3 is 2.35 bits per heavy atom. The number of benzene rings is 1. The van der Waals surface area contributed by atoms with Gasteiger partial charge in [-0.25, -0.2) is 13.2 Å². The van der Waals surface area contributed by atoms with E-state index in [1.807, 2.05) is 0 Å². The third kappa shape index (κ3) is 4.01. The lowest BCUT2D eigenvalue weighted by Gasteiger charge is -2.25. The molecule has 1 aliphatic rings. The van der Waals surface area contributed by atoms with Gasteiger partial charge in [0, 0.05) is 5.56 Å². The summed E-state index contributed by atoms with van der Waals surface area (Å²) in [6.45, 7) is 1.71. The Labute approximate surface area is 135 Å². The maximum Gasteiger partial charge on any atom is 0.329 e. The number of hydrogen-bond donors (Lipinski definition) is 3. The number of nitrogens with one attached hydrogen (secondary N) is 2. The highest BCUT2D eigenvalue weighted by atomic mass is 32.2. The van der Waals surface area contributed by atoms with Crippen LogP contribution in [0.25, 0.3) is 0 Å². The average Bonchev–Trinajstić information content (AvgIpc) is 2.89. The van der Waals surface area contributed by atoms with Gasteiger partial charge in [-0.15, -0.1) is 0 Å². The van der Waals surface area contributed by atoms with E-state index in [1.165, 1.54) is 6.07 Å². The maximum absolute atomic E-state index is 12.4. The average molecular weight is 340 g/mol. The number of carboxylic acid groups (broad SMARTS) is 1. The molecule has 23 heavy (non-hydrogen) atoms. The van der Waals surface area contributed by atoms with Crippen molar-refractivity contribution >= 4 is 27.6 Å². The van der Waals surface area contributed by atoms with Crippen LogP contribution >= 0.6 is 0 Å². The second kappa shape index (κ2) is 6.19. The summed E-state index contributed by atoms with van der Waals surface area (Å²) in [5, 5.41) is 12.0. The summed E-state index contributed by atoms with van der Waals surface area (Å²) in [7, 11) is -3.47. The molecule has 0 heterocycles. The zero-order valence-corrected chi connectivity index (χ0v) is 13.9. The molecule has 0 unspecified atom stereocenters. The van der Waals surface area contributed by atoms with Crippen LogP contribution in [0.3, 0.4) is 0 Å². The predicted octanol–water partition coefficient (Wildman–Crippen LogP) is 1.49. The summed E-state index contributed by atoms with van der Waals surface area (Å²) in [6, 6.07) is 4.57. The van der Waals surface area contributed by atoms with Crippen molar-refractivity contribution in [1.29, 1.82) is 0 Å². The van der Waals surface area contributed by atoms with Crippen LogP contribution in [0.4, 0.5) is 5.69 Å². The monoisotopic (exact) mass is 340 g/mol. The zero-order chi connectivity index (χ0) is 17.3. The van der Waals surface area contributed by atoms with E-state index in [9.17, 15) is 23.1 Å². The van der Waals surface area contributed by atoms with Gasteiger partial charge in [-0.1, -0.05) is 18.9 Å². The summed E-state index contributed by atoms with van der Waals surface area (Å²) < 4.78 is 25.1. The van der Waals surface area contributed by atoms with Crippen molar-refractivity contribution in [2.24, 2.45) is 0 Å². The van der Waals surface area contributed by atoms with Gasteiger partial charge in [0.2, 0.25) is 10.0 Å². The van der Waals surface area contributed by atoms with Crippen LogP contribution in [0.1, 0.15) is 41.6 Å². The quantitative estimate of drug-likeness (QED) is 0.752. The molecular formula is C15H20N2O5S. The summed E-state index contributed by atoms with van der Waals surface area (Å²) in [5.74, 6) is -1.56. The molecule has 0 radical (unpaired) electrons. The topological polar surface area (TPSA) is 113 Å². The first-order chi connectivity index (χ1) is 10.6. The Morgan fingerprint density at radius 1 is 1.22 bits per heavy atom. The lowest BCUT2D eigenvalue weighted by molar-refractivity contribution is -0.144. The minimum Gasteiger partial charge on any atom is -0.480 e. The minimum atomic E-state index is -3.47. The van der Waals surface area contributed by atoms with Gasteiger partial charge < -0.3 is 10.4 Å². The minimum absolute atomic E-state index is 0.217. The molecule has 1 amide bonds. The van der Waals surface area contributed by atoms with Gasteiger partial charge in [-0.2, -0.15) is 0 Å². The van der Waals surface area contributed by atoms with Crippen LogP contribution in [0.5, 0.6) is 0 Å². The van der Waals surface area contributed by atoms with Crippen molar-refractivity contribution < 1.29 is 23.1 Å². The van der Waals surface area contributed by atoms with Gasteiger partial charge in [-0.05, 0) is 37.5 Å². The van der Waals surface area contributed by atoms with Gasteiger partial charge in [0.05, 0.1) is 11.9 Å². The fourth-order valence-corrected chi connectivity index (χ4v) is 3.35. The van der Waals surface area contributed by atoms with Crippen LogP contribution in [0.15, 0.2) is 18.2 Å². The summed E-state index contributed by atoms with van der Waals surface area (Å²) >= 11 is 0. The number of amides is 1. The molecule has 3 N–H and O–H groups in total. The predicted molar refractivity (Wildman–Crippen MR) is 85.9 cm³/mol. The number of aliphatic carboxylic acids is 1. The van der Waals surface area contributed by atoms with E-state index >= 15 is 0 Å². The zero-order valence-electron chi connectivity index (χ0n) is 13.0. The number of aryl methyl sites for hydroxylation is 1. The number of sulfonamides is 1. The van der Waals surface area contributed by atoms with Crippen LogP contribution in [-0.2, 0) is 14.8 Å². The number of carbonyl (C=O) groups excluding carboxylic acids is 1. The molecule has 0 saturated heterocycles. The van der Waals surface area contributed by atoms with E-state index in [0.29, 0.717) is 24.1 Å². The molecule has 1 saturated carbocycles. The van der Waals surface area contributed by atoms with Crippen molar-refractivity contribution in [3.05, 3.63) is 29.3 Å². The smallest absolute Gasteiger partial charge is 0.329 e. The normalized spacial score (nSPS) is 16.8. The van der Waals surface area contributed by atoms with E-state index in [4.69, 9.17) is 0 Å². The fraction of sp³-hybridized carbons (Fsp3) is 0.467. The molecule has 126 valence electrons. The third-order valence-electron chi connectivity index (χ3n) is 4.01. The third-order valence-corrected chi connectivity index (χ3v) is 4.61. The first-order valence-electron chi connectivity index (χ1n) is 7.27. The Hall–Kier alpha value is -2.09. The maximum atomic E-state index is 12.4. The van der Waals surface area contributed by atoms with Crippen molar-refractivity contribution in [2.75, 3.05) is 11.0 Å². The van der Waals surface area contributed by atoms with Gasteiger partial charge in [0.25, 0.3) is 5.91 Å². The lowest BCUT2D eigenvalue weighted by Crippen LogP contribution is -2.52. The molecule has 0 atom stereocenters. The van der Waals surface area contributed by atoms with E-state index in [2.05, 4.69) is 10.0 Å². The Morgan fingerprint density at radius 2 is 1.83 bits per heavy atom. The van der Waals surface area contributed by atoms with Crippen LogP contribution < -0.4 is 10.0 Å². The standard InChI is InChI=1S/C15H20N2O5S/c1-10-5-6-11(9-12(10)17-23(2,21)22)13(18)16-15(14(19)20)7-3-4-8-15/h5-6,9,17H,3-4,7-8H2,1-2H3,(H,16,18)(H,19,20). The van der Waals surface area contributed by atoms with Crippen LogP contribution in [-0.4, -0.2) is 37.2 Å². The molecule has 1 fully saturated rings. The van der Waals surface area contributed by atoms with Crippen molar-refractivity contribution in [3.8, 4) is 0 Å². The molecule has 0 aromatic heterocycles. The number of carboxylic acids is 1. The van der Waals surface area contributed by atoms with Crippen molar-refractivity contribution in [3.63, 3.8) is 0 Å². The lowest BCUT2D eigenvalue weighted by atomic mass is 9.97. The first kappa shape index (κ1) is 17.3. The number of rotatable bonds is 5. The van der Waals surface area contributed by atoms with Crippen molar-refractivity contribution in [2.45, 2.75) is 38.1 Å². The second-order valence-corrected chi connectivity index (χ2v) is 7.70. The molecule has 0 spiro atoms. The SMILES string of the molecule is Cc1ccc(C(=O)NC2(C(=O)O)CCCC2)cc1NS(C)(=O)=O. The summed E-state index contributed by atoms with van der Waals surface area (Å²) in [6.07, 6.45) is 3.32. The van der Waals surface area contributed by atoms with E-state index in [-0.39, 0.29) is 5.56 Å². The van der Waals surface area contributed by atoms with Gasteiger partial charge in [0.15, 0.2) is 0 Å². The van der Waals surface area contributed by atoms with Crippen LogP contribution in [0, 0.1) is 6.92 Å². The Bertz CT molecular complexity index is 736. The van der Waals surface area contributed by atoms with E-state index in [1.54, 1.807) is 19.1 Å². The van der Waals surface area contributed by atoms with E-state index in [0.717, 1.165) is 19.1 Å². The summed E-state index contributed by atoms with van der Waals surface area (Å²) in [4.78, 5) is 23.9. The molecule has 7 nitrogen and oxygen atoms in total. The molecule has 1 aromatic rings.